The molecule has 1 heterocycles. The van der Waals surface area contributed by atoms with Gasteiger partial charge in [-0.15, -0.1) is 0 Å². The van der Waals surface area contributed by atoms with E-state index in [1.165, 1.54) is 5.56 Å². The largest absolute Gasteiger partial charge is 0.350 e. The standard InChI is InChI=1S/C25H20Cl2N2O2/c1-15(2)16-8-12-20(13-9-16)28-23-22(17-6-10-18(26)11-7-17)24(30)29(25(23)31)21-5-3-4-19(27)14-21/h3-15,28H,1-2H3. The van der Waals surface area contributed by atoms with Crippen LogP contribution in [0.5, 0.6) is 0 Å². The Morgan fingerprint density at radius 2 is 1.48 bits per heavy atom. The first kappa shape index (κ1) is 21.2. The SMILES string of the molecule is CC(C)c1ccc(NC2=C(c3ccc(Cl)cc3)C(=O)N(c3cccc(Cl)c3)C2=O)cc1. The quantitative estimate of drug-likeness (QED) is 0.450. The maximum Gasteiger partial charge on any atom is 0.282 e. The van der Waals surface area contributed by atoms with Gasteiger partial charge in [0.1, 0.15) is 5.70 Å². The zero-order valence-electron chi connectivity index (χ0n) is 17.0. The molecule has 0 atom stereocenters. The lowest BCUT2D eigenvalue weighted by molar-refractivity contribution is -0.120. The lowest BCUT2D eigenvalue weighted by Crippen LogP contribution is -2.32. The molecule has 4 nitrogen and oxygen atoms in total. The number of benzene rings is 3. The summed E-state index contributed by atoms with van der Waals surface area (Å²) < 4.78 is 0. The third-order valence-corrected chi connectivity index (χ3v) is 5.62. The highest BCUT2D eigenvalue weighted by atomic mass is 35.5. The van der Waals surface area contributed by atoms with Gasteiger partial charge in [-0.05, 0) is 59.5 Å². The smallest absolute Gasteiger partial charge is 0.282 e. The summed E-state index contributed by atoms with van der Waals surface area (Å²) in [5.41, 5.74) is 3.43. The Morgan fingerprint density at radius 3 is 2.10 bits per heavy atom. The second kappa shape index (κ2) is 8.58. The van der Waals surface area contributed by atoms with E-state index in [9.17, 15) is 9.59 Å². The van der Waals surface area contributed by atoms with Crippen molar-refractivity contribution in [1.29, 1.82) is 0 Å². The van der Waals surface area contributed by atoms with Gasteiger partial charge in [-0.25, -0.2) is 4.90 Å². The van der Waals surface area contributed by atoms with E-state index in [-0.39, 0.29) is 11.3 Å². The van der Waals surface area contributed by atoms with Crippen LogP contribution in [-0.2, 0) is 9.59 Å². The van der Waals surface area contributed by atoms with Gasteiger partial charge in [0.15, 0.2) is 0 Å². The summed E-state index contributed by atoms with van der Waals surface area (Å²) in [6.07, 6.45) is 0. The second-order valence-electron chi connectivity index (χ2n) is 7.58. The summed E-state index contributed by atoms with van der Waals surface area (Å²) in [6, 6.07) is 21.3. The van der Waals surface area contributed by atoms with Crippen LogP contribution in [0.15, 0.2) is 78.5 Å². The van der Waals surface area contributed by atoms with Crippen molar-refractivity contribution in [2.75, 3.05) is 10.2 Å². The Balaban J connectivity index is 1.78. The number of hydrogen-bond acceptors (Lipinski definition) is 3. The Morgan fingerprint density at radius 1 is 0.806 bits per heavy atom. The van der Waals surface area contributed by atoms with Gasteiger partial charge in [0.25, 0.3) is 11.8 Å². The summed E-state index contributed by atoms with van der Waals surface area (Å²) in [5, 5.41) is 4.16. The summed E-state index contributed by atoms with van der Waals surface area (Å²) in [4.78, 5) is 27.9. The number of amides is 2. The average Bonchev–Trinajstić information content (AvgIpc) is 2.98. The first-order valence-corrected chi connectivity index (χ1v) is 10.6. The van der Waals surface area contributed by atoms with E-state index in [2.05, 4.69) is 19.2 Å². The van der Waals surface area contributed by atoms with Gasteiger partial charge in [0.05, 0.1) is 11.3 Å². The van der Waals surface area contributed by atoms with Crippen molar-refractivity contribution in [2.45, 2.75) is 19.8 Å². The zero-order valence-corrected chi connectivity index (χ0v) is 18.5. The van der Waals surface area contributed by atoms with Crippen LogP contribution in [0.3, 0.4) is 0 Å². The van der Waals surface area contributed by atoms with E-state index in [1.54, 1.807) is 48.5 Å². The van der Waals surface area contributed by atoms with Crippen molar-refractivity contribution in [3.8, 4) is 0 Å². The summed E-state index contributed by atoms with van der Waals surface area (Å²) in [5.74, 6) is -0.466. The number of carbonyl (C=O) groups is 2. The molecule has 1 N–H and O–H groups in total. The zero-order chi connectivity index (χ0) is 22.1. The predicted octanol–water partition coefficient (Wildman–Crippen LogP) is 6.51. The Hall–Kier alpha value is -3.08. The van der Waals surface area contributed by atoms with Crippen LogP contribution in [0.4, 0.5) is 11.4 Å². The van der Waals surface area contributed by atoms with E-state index in [4.69, 9.17) is 23.2 Å². The number of carbonyl (C=O) groups excluding carboxylic acids is 2. The van der Waals surface area contributed by atoms with Gasteiger partial charge in [0.2, 0.25) is 0 Å². The van der Waals surface area contributed by atoms with Crippen molar-refractivity contribution >= 4 is 52.0 Å². The minimum absolute atomic E-state index is 0.213. The Kier molecular flexibility index (Phi) is 5.86. The molecule has 3 aromatic rings. The molecule has 0 saturated heterocycles. The van der Waals surface area contributed by atoms with Crippen LogP contribution >= 0.6 is 23.2 Å². The molecule has 0 aliphatic carbocycles. The third kappa shape index (κ3) is 4.22. The molecule has 0 radical (unpaired) electrons. The molecule has 6 heteroatoms. The number of imide groups is 1. The minimum atomic E-state index is -0.440. The number of nitrogens with zero attached hydrogens (tertiary/aromatic N) is 1. The predicted molar refractivity (Wildman–Crippen MR) is 126 cm³/mol. The fourth-order valence-electron chi connectivity index (χ4n) is 3.48. The first-order chi connectivity index (χ1) is 14.8. The monoisotopic (exact) mass is 450 g/mol. The lowest BCUT2D eigenvalue weighted by atomic mass is 10.0. The summed E-state index contributed by atoms with van der Waals surface area (Å²) in [7, 11) is 0. The molecule has 0 spiro atoms. The Labute approximate surface area is 191 Å². The van der Waals surface area contributed by atoms with Gasteiger partial charge in [-0.3, -0.25) is 9.59 Å². The number of halogens is 2. The van der Waals surface area contributed by atoms with Crippen molar-refractivity contribution in [2.24, 2.45) is 0 Å². The van der Waals surface area contributed by atoms with E-state index >= 15 is 0 Å². The second-order valence-corrected chi connectivity index (χ2v) is 8.46. The molecule has 3 aromatic carbocycles. The number of nitrogens with one attached hydrogen (secondary N) is 1. The molecule has 2 amide bonds. The van der Waals surface area contributed by atoms with Gasteiger partial charge in [0, 0.05) is 15.7 Å². The molecule has 0 fully saturated rings. The highest BCUT2D eigenvalue weighted by molar-refractivity contribution is 6.46. The van der Waals surface area contributed by atoms with Gasteiger partial charge >= 0.3 is 0 Å². The van der Waals surface area contributed by atoms with Crippen molar-refractivity contribution < 1.29 is 9.59 Å². The molecule has 4 rings (SSSR count). The molecule has 0 bridgehead atoms. The number of anilines is 2. The van der Waals surface area contributed by atoms with Crippen LogP contribution in [-0.4, -0.2) is 11.8 Å². The fourth-order valence-corrected chi connectivity index (χ4v) is 3.79. The van der Waals surface area contributed by atoms with Crippen molar-refractivity contribution in [3.05, 3.63) is 99.7 Å². The van der Waals surface area contributed by atoms with Crippen molar-refractivity contribution in [1.82, 2.24) is 0 Å². The van der Waals surface area contributed by atoms with Gasteiger partial charge in [-0.2, -0.15) is 0 Å². The molecular formula is C25H20Cl2N2O2. The van der Waals surface area contributed by atoms with Crippen LogP contribution < -0.4 is 10.2 Å². The molecule has 0 saturated carbocycles. The molecule has 1 aliphatic heterocycles. The summed E-state index contributed by atoms with van der Waals surface area (Å²) in [6.45, 7) is 4.23. The topological polar surface area (TPSA) is 49.4 Å². The maximum atomic E-state index is 13.4. The molecule has 0 aromatic heterocycles. The highest BCUT2D eigenvalue weighted by Gasteiger charge is 2.40. The average molecular weight is 451 g/mol. The molecule has 0 unspecified atom stereocenters. The maximum absolute atomic E-state index is 13.4. The van der Waals surface area contributed by atoms with Crippen LogP contribution in [0, 0.1) is 0 Å². The fraction of sp³-hybridized carbons (Fsp3) is 0.120. The van der Waals surface area contributed by atoms with E-state index in [1.807, 2.05) is 24.3 Å². The lowest BCUT2D eigenvalue weighted by Gasteiger charge is -2.15. The molecular weight excluding hydrogens is 431 g/mol. The molecule has 156 valence electrons. The van der Waals surface area contributed by atoms with Crippen LogP contribution in [0.25, 0.3) is 5.57 Å². The molecule has 31 heavy (non-hydrogen) atoms. The minimum Gasteiger partial charge on any atom is -0.350 e. The highest BCUT2D eigenvalue weighted by Crippen LogP contribution is 2.35. The first-order valence-electron chi connectivity index (χ1n) is 9.86. The van der Waals surface area contributed by atoms with Gasteiger partial charge < -0.3 is 5.32 Å². The van der Waals surface area contributed by atoms with E-state index < -0.39 is 11.8 Å². The van der Waals surface area contributed by atoms with Crippen molar-refractivity contribution in [3.63, 3.8) is 0 Å². The van der Waals surface area contributed by atoms with E-state index in [0.717, 1.165) is 10.6 Å². The van der Waals surface area contributed by atoms with Crippen LogP contribution in [0.2, 0.25) is 10.0 Å². The van der Waals surface area contributed by atoms with Gasteiger partial charge in [-0.1, -0.05) is 67.4 Å². The normalized spacial score (nSPS) is 14.0. The third-order valence-electron chi connectivity index (χ3n) is 5.13. The number of hydrogen-bond donors (Lipinski definition) is 1. The summed E-state index contributed by atoms with van der Waals surface area (Å²) >= 11 is 12.1. The molecule has 1 aliphatic rings. The Bertz CT molecular complexity index is 1180. The van der Waals surface area contributed by atoms with E-state index in [0.29, 0.717) is 27.2 Å². The van der Waals surface area contributed by atoms with Crippen LogP contribution in [0.1, 0.15) is 30.9 Å². The number of rotatable bonds is 5.